The molecule has 122 valence electrons. The van der Waals surface area contributed by atoms with Crippen LogP contribution in [0.25, 0.3) is 0 Å². The minimum Gasteiger partial charge on any atom is -0.481 e. The summed E-state index contributed by atoms with van der Waals surface area (Å²) in [7, 11) is 0. The van der Waals surface area contributed by atoms with Crippen molar-refractivity contribution < 1.29 is 9.90 Å². The molecule has 1 heterocycles. The van der Waals surface area contributed by atoms with Gasteiger partial charge in [-0.25, -0.2) is 5.10 Å². The van der Waals surface area contributed by atoms with Crippen LogP contribution >= 0.6 is 0 Å². The number of nitrogens with one attached hydrogen (secondary N) is 1. The number of rotatable bonds is 10. The summed E-state index contributed by atoms with van der Waals surface area (Å²) in [5.41, 5.74) is 0. The molecule has 0 spiro atoms. The van der Waals surface area contributed by atoms with Gasteiger partial charge in [0.1, 0.15) is 0 Å². The van der Waals surface area contributed by atoms with Gasteiger partial charge in [-0.3, -0.25) is 4.79 Å². The highest BCUT2D eigenvalue weighted by Crippen LogP contribution is 2.18. The number of tetrazole rings is 1. The number of aromatic nitrogens is 4. The van der Waals surface area contributed by atoms with Crippen molar-refractivity contribution in [3.05, 3.63) is 5.82 Å². The van der Waals surface area contributed by atoms with E-state index < -0.39 is 5.97 Å². The Morgan fingerprint density at radius 1 is 1.14 bits per heavy atom. The number of carboxylic acid groups (broad SMARTS) is 1. The van der Waals surface area contributed by atoms with Crippen LogP contribution < -0.4 is 0 Å². The summed E-state index contributed by atoms with van der Waals surface area (Å²) in [6.07, 6.45) is 12.2. The van der Waals surface area contributed by atoms with E-state index in [1.165, 1.54) is 57.8 Å². The molecule has 2 N–H and O–H groups in total. The average Bonchev–Trinajstić information content (AvgIpc) is 2.95. The maximum atomic E-state index is 9.00. The topological polar surface area (TPSA) is 91.8 Å². The van der Waals surface area contributed by atoms with Gasteiger partial charge >= 0.3 is 0 Å². The van der Waals surface area contributed by atoms with E-state index in [1.807, 2.05) is 0 Å². The molecular weight excluding hydrogens is 268 g/mol. The van der Waals surface area contributed by atoms with Crippen molar-refractivity contribution >= 4 is 5.97 Å². The highest BCUT2D eigenvalue weighted by molar-refractivity contribution is 5.62. The molecule has 0 aliphatic heterocycles. The van der Waals surface area contributed by atoms with Crippen LogP contribution in [-0.4, -0.2) is 31.7 Å². The molecule has 1 aromatic rings. The van der Waals surface area contributed by atoms with E-state index in [1.54, 1.807) is 0 Å². The van der Waals surface area contributed by atoms with Crippen LogP contribution in [0.15, 0.2) is 0 Å². The van der Waals surface area contributed by atoms with Gasteiger partial charge in [-0.1, -0.05) is 65.2 Å². The van der Waals surface area contributed by atoms with E-state index in [2.05, 4.69) is 34.5 Å². The fourth-order valence-corrected chi connectivity index (χ4v) is 2.10. The number of H-pyrrole nitrogens is 1. The molecule has 0 saturated carbocycles. The first kappa shape index (κ1) is 19.5. The molecule has 1 atom stereocenters. The molecule has 0 aromatic carbocycles. The number of nitrogens with zero attached hydrogens (tertiary/aromatic N) is 3. The fourth-order valence-electron chi connectivity index (χ4n) is 2.10. The number of hydrogen-bond donors (Lipinski definition) is 2. The first-order valence-electron chi connectivity index (χ1n) is 8.01. The Morgan fingerprint density at radius 2 is 1.67 bits per heavy atom. The van der Waals surface area contributed by atoms with Crippen molar-refractivity contribution in [2.24, 2.45) is 0 Å². The van der Waals surface area contributed by atoms with Crippen LogP contribution in [0.4, 0.5) is 0 Å². The Balaban J connectivity index is 0.000000885. The Kier molecular flexibility index (Phi) is 12.6. The molecule has 6 nitrogen and oxygen atoms in total. The van der Waals surface area contributed by atoms with Gasteiger partial charge in [0.05, 0.1) is 0 Å². The summed E-state index contributed by atoms with van der Waals surface area (Å²) in [4.78, 5) is 9.00. The number of aliphatic carboxylic acids is 1. The summed E-state index contributed by atoms with van der Waals surface area (Å²) in [6.45, 7) is 5.53. The molecule has 0 aliphatic rings. The van der Waals surface area contributed by atoms with E-state index >= 15 is 0 Å². The van der Waals surface area contributed by atoms with Crippen molar-refractivity contribution in [2.45, 2.75) is 84.5 Å². The molecule has 0 fully saturated rings. The van der Waals surface area contributed by atoms with E-state index in [4.69, 9.17) is 9.90 Å². The number of hydrogen-bond acceptors (Lipinski definition) is 4. The monoisotopic (exact) mass is 298 g/mol. The predicted molar refractivity (Wildman–Crippen MR) is 83.1 cm³/mol. The Labute approximate surface area is 127 Å². The Morgan fingerprint density at radius 3 is 2.14 bits per heavy atom. The normalized spacial score (nSPS) is 11.6. The molecule has 0 bridgehead atoms. The molecule has 0 saturated heterocycles. The molecule has 0 amide bonds. The molecule has 1 aromatic heterocycles. The molecule has 1 rings (SSSR count). The van der Waals surface area contributed by atoms with E-state index in [-0.39, 0.29) is 0 Å². The second kappa shape index (κ2) is 13.5. The quantitative estimate of drug-likeness (QED) is 0.639. The third-order valence-electron chi connectivity index (χ3n) is 3.32. The molecule has 0 aliphatic carbocycles. The summed E-state index contributed by atoms with van der Waals surface area (Å²) < 4.78 is 0. The summed E-state index contributed by atoms with van der Waals surface area (Å²) in [6, 6.07) is 0. The van der Waals surface area contributed by atoms with Gasteiger partial charge in [-0.05, 0) is 16.8 Å². The lowest BCUT2D eigenvalue weighted by molar-refractivity contribution is -0.134. The highest BCUT2D eigenvalue weighted by atomic mass is 16.4. The first-order chi connectivity index (χ1) is 10.1. The summed E-state index contributed by atoms with van der Waals surface area (Å²) in [5, 5.41) is 21.4. The van der Waals surface area contributed by atoms with Crippen LogP contribution in [0.1, 0.15) is 90.3 Å². The van der Waals surface area contributed by atoms with E-state index in [9.17, 15) is 0 Å². The minimum absolute atomic E-state index is 0.463. The summed E-state index contributed by atoms with van der Waals surface area (Å²) >= 11 is 0. The lowest BCUT2D eigenvalue weighted by atomic mass is 10.0. The lowest BCUT2D eigenvalue weighted by Gasteiger charge is -2.06. The van der Waals surface area contributed by atoms with Gasteiger partial charge in [-0.15, -0.1) is 5.10 Å². The van der Waals surface area contributed by atoms with Crippen molar-refractivity contribution in [2.75, 3.05) is 0 Å². The smallest absolute Gasteiger partial charge is 0.300 e. The van der Waals surface area contributed by atoms with Gasteiger partial charge in [0.2, 0.25) is 0 Å². The number of aromatic amines is 1. The van der Waals surface area contributed by atoms with Gasteiger partial charge < -0.3 is 5.11 Å². The molecule has 0 radical (unpaired) electrons. The van der Waals surface area contributed by atoms with E-state index in [0.717, 1.165) is 12.7 Å². The number of carboxylic acids is 1. The van der Waals surface area contributed by atoms with Crippen LogP contribution in [0, 0.1) is 0 Å². The fraction of sp³-hybridized carbons (Fsp3) is 0.867. The standard InChI is InChI=1S/C13H26N4.C2H4O2/c1-3-4-5-6-7-8-9-10-11-12(2)13-14-16-17-15-13;1-2(3)4/h12H,3-11H2,1-2H3,(H,14,15,16,17);1H3,(H,3,4). The van der Waals surface area contributed by atoms with Crippen LogP contribution in [0.2, 0.25) is 0 Å². The number of unbranched alkanes of at least 4 members (excludes halogenated alkanes) is 7. The molecule has 21 heavy (non-hydrogen) atoms. The van der Waals surface area contributed by atoms with Crippen LogP contribution in [0.3, 0.4) is 0 Å². The summed E-state index contributed by atoms with van der Waals surface area (Å²) in [5.74, 6) is 0.554. The second-order valence-electron chi connectivity index (χ2n) is 5.47. The predicted octanol–water partition coefficient (Wildman–Crippen LogP) is 3.92. The maximum absolute atomic E-state index is 9.00. The number of carbonyl (C=O) groups is 1. The molecule has 1 unspecified atom stereocenters. The highest BCUT2D eigenvalue weighted by Gasteiger charge is 2.08. The largest absolute Gasteiger partial charge is 0.481 e. The maximum Gasteiger partial charge on any atom is 0.300 e. The van der Waals surface area contributed by atoms with Gasteiger partial charge in [-0.2, -0.15) is 0 Å². The minimum atomic E-state index is -0.833. The van der Waals surface area contributed by atoms with Crippen molar-refractivity contribution in [3.8, 4) is 0 Å². The molecular formula is C15H30N4O2. The van der Waals surface area contributed by atoms with Crippen molar-refractivity contribution in [1.29, 1.82) is 0 Å². The SMILES string of the molecule is CC(=O)O.CCCCCCCCCCC(C)c1nnn[nH]1. The van der Waals surface area contributed by atoms with Crippen molar-refractivity contribution in [3.63, 3.8) is 0 Å². The Bertz CT molecular complexity index is 337. The third-order valence-corrected chi connectivity index (χ3v) is 3.32. The van der Waals surface area contributed by atoms with Gasteiger partial charge in [0.25, 0.3) is 5.97 Å². The third kappa shape index (κ3) is 13.3. The van der Waals surface area contributed by atoms with E-state index in [0.29, 0.717) is 5.92 Å². The zero-order valence-corrected chi connectivity index (χ0v) is 13.6. The van der Waals surface area contributed by atoms with Gasteiger partial charge in [0.15, 0.2) is 5.82 Å². The second-order valence-corrected chi connectivity index (χ2v) is 5.47. The van der Waals surface area contributed by atoms with Gasteiger partial charge in [0, 0.05) is 12.8 Å². The first-order valence-corrected chi connectivity index (χ1v) is 8.01. The van der Waals surface area contributed by atoms with Crippen molar-refractivity contribution in [1.82, 2.24) is 20.6 Å². The zero-order valence-electron chi connectivity index (χ0n) is 13.6. The lowest BCUT2D eigenvalue weighted by Crippen LogP contribution is -1.96. The molecule has 6 heteroatoms. The Hall–Kier alpha value is -1.46. The zero-order chi connectivity index (χ0) is 15.9. The average molecular weight is 298 g/mol. The van der Waals surface area contributed by atoms with Crippen LogP contribution in [0.5, 0.6) is 0 Å². The van der Waals surface area contributed by atoms with Crippen LogP contribution in [-0.2, 0) is 4.79 Å².